The number of carboxylic acid groups (broad SMARTS) is 1. The molecule has 1 N–H and O–H groups in total. The second-order valence-corrected chi connectivity index (χ2v) is 6.74. The lowest BCUT2D eigenvalue weighted by atomic mass is 9.99. The fourth-order valence-corrected chi connectivity index (χ4v) is 2.81. The van der Waals surface area contributed by atoms with Crippen molar-refractivity contribution in [1.82, 2.24) is 4.98 Å². The summed E-state index contributed by atoms with van der Waals surface area (Å²) in [5.41, 5.74) is 0.622. The molecule has 1 aromatic rings. The predicted octanol–water partition coefficient (Wildman–Crippen LogP) is 2.57. The van der Waals surface area contributed by atoms with Gasteiger partial charge in [-0.3, -0.25) is 9.88 Å². The highest BCUT2D eigenvalue weighted by Crippen LogP contribution is 2.57. The minimum atomic E-state index is -1.08. The first kappa shape index (κ1) is 13.9. The molecule has 0 saturated heterocycles. The third kappa shape index (κ3) is 2.24. The van der Waals surface area contributed by atoms with Gasteiger partial charge in [-0.1, -0.05) is 0 Å². The maximum absolute atomic E-state index is 12.4. The van der Waals surface area contributed by atoms with Crippen LogP contribution in [-0.4, -0.2) is 34.3 Å². The highest BCUT2D eigenvalue weighted by Gasteiger charge is 2.55. The molecule has 6 nitrogen and oxygen atoms in total. The molecule has 1 amide bonds. The highest BCUT2D eigenvalue weighted by molar-refractivity contribution is 6.02. The zero-order valence-corrected chi connectivity index (χ0v) is 12.3. The summed E-state index contributed by atoms with van der Waals surface area (Å²) in [4.78, 5) is 29.3. The number of carboxylic acids is 1. The molecule has 1 saturated carbocycles. The molecule has 0 bridgehead atoms. The second-order valence-electron chi connectivity index (χ2n) is 6.74. The van der Waals surface area contributed by atoms with Crippen molar-refractivity contribution in [3.8, 4) is 0 Å². The van der Waals surface area contributed by atoms with Crippen molar-refractivity contribution in [2.45, 2.75) is 44.6 Å². The Hall–Kier alpha value is -2.11. The number of amides is 1. The summed E-state index contributed by atoms with van der Waals surface area (Å²) >= 11 is 0. The number of ether oxygens (including phenoxy) is 1. The SMILES string of the molecule is CC(C)(C)OC(=O)N1CC2(CC2)c2cncc(C(=O)O)c21. The largest absolute Gasteiger partial charge is 0.478 e. The Morgan fingerprint density at radius 2 is 2.00 bits per heavy atom. The average Bonchev–Trinajstić information content (AvgIpc) is 3.05. The van der Waals surface area contributed by atoms with Gasteiger partial charge in [0.1, 0.15) is 11.2 Å². The number of aromatic carboxylic acids is 1. The average molecular weight is 290 g/mol. The van der Waals surface area contributed by atoms with E-state index in [1.807, 2.05) is 0 Å². The van der Waals surface area contributed by atoms with Crippen molar-refractivity contribution in [2.24, 2.45) is 0 Å². The van der Waals surface area contributed by atoms with E-state index >= 15 is 0 Å². The molecule has 1 aliphatic heterocycles. The van der Waals surface area contributed by atoms with Gasteiger partial charge in [0.15, 0.2) is 0 Å². The van der Waals surface area contributed by atoms with Crippen molar-refractivity contribution in [1.29, 1.82) is 0 Å². The molecule has 2 heterocycles. The summed E-state index contributed by atoms with van der Waals surface area (Å²) in [5.74, 6) is -1.08. The van der Waals surface area contributed by atoms with Crippen molar-refractivity contribution < 1.29 is 19.4 Å². The van der Waals surface area contributed by atoms with Crippen LogP contribution in [0.5, 0.6) is 0 Å². The van der Waals surface area contributed by atoms with E-state index in [1.165, 1.54) is 11.1 Å². The van der Waals surface area contributed by atoms with Gasteiger partial charge in [0, 0.05) is 29.9 Å². The van der Waals surface area contributed by atoms with E-state index in [0.717, 1.165) is 18.4 Å². The van der Waals surface area contributed by atoms with E-state index in [0.29, 0.717) is 12.2 Å². The van der Waals surface area contributed by atoms with E-state index in [1.54, 1.807) is 27.0 Å². The maximum atomic E-state index is 12.4. The lowest BCUT2D eigenvalue weighted by Gasteiger charge is -2.25. The standard InChI is InChI=1S/C15H18N2O4/c1-14(2,3)21-13(20)17-8-15(4-5-15)10-7-16-6-9(11(10)17)12(18)19/h6-7H,4-5,8H2,1-3H3,(H,18,19). The fraction of sp³-hybridized carbons (Fsp3) is 0.533. The van der Waals surface area contributed by atoms with Gasteiger partial charge in [0.25, 0.3) is 0 Å². The third-order valence-corrected chi connectivity index (χ3v) is 3.92. The first-order valence-electron chi connectivity index (χ1n) is 6.96. The number of carbonyl (C=O) groups excluding carboxylic acids is 1. The Balaban J connectivity index is 2.04. The Bertz CT molecular complexity index is 629. The predicted molar refractivity (Wildman–Crippen MR) is 75.7 cm³/mol. The van der Waals surface area contributed by atoms with Crippen LogP contribution in [0.4, 0.5) is 10.5 Å². The number of hydrogen-bond donors (Lipinski definition) is 1. The summed E-state index contributed by atoms with van der Waals surface area (Å²) in [6, 6.07) is 0. The molecule has 1 spiro atoms. The Morgan fingerprint density at radius 1 is 1.33 bits per heavy atom. The van der Waals surface area contributed by atoms with Gasteiger partial charge in [0.2, 0.25) is 0 Å². The summed E-state index contributed by atoms with van der Waals surface area (Å²) in [5, 5.41) is 9.35. The molecule has 1 aliphatic carbocycles. The number of aromatic nitrogens is 1. The summed E-state index contributed by atoms with van der Waals surface area (Å²) in [6.07, 6.45) is 4.37. The molecule has 0 unspecified atom stereocenters. The van der Waals surface area contributed by atoms with Crippen molar-refractivity contribution >= 4 is 17.7 Å². The summed E-state index contributed by atoms with van der Waals surface area (Å²) < 4.78 is 5.41. The molecule has 1 aromatic heterocycles. The molecule has 1 fully saturated rings. The van der Waals surface area contributed by atoms with Crippen molar-refractivity contribution in [3.63, 3.8) is 0 Å². The second kappa shape index (κ2) is 4.19. The van der Waals surface area contributed by atoms with Gasteiger partial charge in [-0.25, -0.2) is 9.59 Å². The number of nitrogens with zero attached hydrogens (tertiary/aromatic N) is 2. The Kier molecular flexibility index (Phi) is 2.77. The van der Waals surface area contributed by atoms with Crippen LogP contribution in [0.15, 0.2) is 12.4 Å². The molecule has 3 rings (SSSR count). The van der Waals surface area contributed by atoms with Crippen molar-refractivity contribution in [3.05, 3.63) is 23.5 Å². The van der Waals surface area contributed by atoms with Crippen LogP contribution in [0, 0.1) is 0 Å². The topological polar surface area (TPSA) is 79.7 Å². The van der Waals surface area contributed by atoms with E-state index in [2.05, 4.69) is 4.98 Å². The molecule has 112 valence electrons. The first-order valence-corrected chi connectivity index (χ1v) is 6.96. The lowest BCUT2D eigenvalue weighted by Crippen LogP contribution is -2.37. The fourth-order valence-electron chi connectivity index (χ4n) is 2.81. The van der Waals surface area contributed by atoms with Crippen LogP contribution in [-0.2, 0) is 10.2 Å². The number of rotatable bonds is 1. The molecule has 0 aromatic carbocycles. The molecular weight excluding hydrogens is 272 g/mol. The maximum Gasteiger partial charge on any atom is 0.414 e. The van der Waals surface area contributed by atoms with Gasteiger partial charge >= 0.3 is 12.1 Å². The van der Waals surface area contributed by atoms with Crippen LogP contribution >= 0.6 is 0 Å². The summed E-state index contributed by atoms with van der Waals surface area (Å²) in [6.45, 7) is 5.85. The molecule has 21 heavy (non-hydrogen) atoms. The quantitative estimate of drug-likeness (QED) is 0.859. The van der Waals surface area contributed by atoms with Gasteiger partial charge < -0.3 is 9.84 Å². The van der Waals surface area contributed by atoms with Gasteiger partial charge in [-0.15, -0.1) is 0 Å². The zero-order chi connectivity index (χ0) is 15.4. The zero-order valence-electron chi connectivity index (χ0n) is 12.3. The van der Waals surface area contributed by atoms with Gasteiger partial charge in [0.05, 0.1) is 5.69 Å². The number of fused-ring (bicyclic) bond motifs is 2. The molecule has 0 radical (unpaired) electrons. The lowest BCUT2D eigenvalue weighted by molar-refractivity contribution is 0.0581. The molecule has 6 heteroatoms. The number of hydrogen-bond acceptors (Lipinski definition) is 4. The minimum Gasteiger partial charge on any atom is -0.478 e. The Labute approximate surface area is 122 Å². The number of carbonyl (C=O) groups is 2. The van der Waals surface area contributed by atoms with Crippen LogP contribution in [0.2, 0.25) is 0 Å². The van der Waals surface area contributed by atoms with Gasteiger partial charge in [-0.2, -0.15) is 0 Å². The van der Waals surface area contributed by atoms with Crippen LogP contribution in [0.25, 0.3) is 0 Å². The van der Waals surface area contributed by atoms with Gasteiger partial charge in [-0.05, 0) is 33.6 Å². The van der Waals surface area contributed by atoms with Crippen LogP contribution in [0.1, 0.15) is 49.5 Å². The van der Waals surface area contributed by atoms with E-state index in [9.17, 15) is 14.7 Å². The summed E-state index contributed by atoms with van der Waals surface area (Å²) in [7, 11) is 0. The molecule has 0 atom stereocenters. The van der Waals surface area contributed by atoms with Crippen LogP contribution < -0.4 is 4.90 Å². The number of pyridine rings is 1. The third-order valence-electron chi connectivity index (χ3n) is 3.92. The first-order chi connectivity index (χ1) is 9.73. The van der Waals surface area contributed by atoms with E-state index in [4.69, 9.17) is 4.74 Å². The van der Waals surface area contributed by atoms with Crippen molar-refractivity contribution in [2.75, 3.05) is 11.4 Å². The van der Waals surface area contributed by atoms with E-state index in [-0.39, 0.29) is 11.0 Å². The highest BCUT2D eigenvalue weighted by atomic mass is 16.6. The number of anilines is 1. The monoisotopic (exact) mass is 290 g/mol. The molecular formula is C15H18N2O4. The van der Waals surface area contributed by atoms with E-state index < -0.39 is 17.7 Å². The van der Waals surface area contributed by atoms with Crippen LogP contribution in [0.3, 0.4) is 0 Å². The molecule has 2 aliphatic rings. The smallest absolute Gasteiger partial charge is 0.414 e. The Morgan fingerprint density at radius 3 is 2.52 bits per heavy atom. The minimum absolute atomic E-state index is 0.0575. The normalized spacial score (nSPS) is 18.5.